The van der Waals surface area contributed by atoms with E-state index in [0.29, 0.717) is 24.6 Å². The topological polar surface area (TPSA) is 96.7 Å². The van der Waals surface area contributed by atoms with Crippen LogP contribution in [0.15, 0.2) is 48.9 Å². The molecule has 2 unspecified atom stereocenters. The first-order valence-electron chi connectivity index (χ1n) is 13.1. The molecule has 0 spiro atoms. The number of anilines is 1. The summed E-state index contributed by atoms with van der Waals surface area (Å²) in [5.41, 5.74) is 5.98. The van der Waals surface area contributed by atoms with Gasteiger partial charge in [0.25, 0.3) is 0 Å². The highest BCUT2D eigenvalue weighted by molar-refractivity contribution is 6.02. The van der Waals surface area contributed by atoms with Crippen molar-refractivity contribution in [3.8, 4) is 22.8 Å². The zero-order valence-corrected chi connectivity index (χ0v) is 21.8. The number of fused-ring (bicyclic) bond motifs is 5. The number of methoxy groups -OCH3 is 1. The van der Waals surface area contributed by atoms with Gasteiger partial charge in [-0.1, -0.05) is 6.07 Å². The number of ether oxygens (including phenoxy) is 2. The number of nitrogens with one attached hydrogen (secondary N) is 1. The average molecular weight is 511 g/mol. The summed E-state index contributed by atoms with van der Waals surface area (Å²) in [6.45, 7) is 7.46. The number of aromatic nitrogens is 6. The number of piperidine rings is 1. The van der Waals surface area contributed by atoms with Crippen molar-refractivity contribution >= 4 is 22.4 Å². The molecule has 3 saturated heterocycles. The highest BCUT2D eigenvalue weighted by Gasteiger charge is 2.44. The van der Waals surface area contributed by atoms with Crippen LogP contribution >= 0.6 is 0 Å². The molecule has 0 amide bonds. The van der Waals surface area contributed by atoms with Gasteiger partial charge >= 0.3 is 0 Å². The SMILES string of the molecule is CCOc1cc(-c2ccc(N3CC4CC(C3)N4Cc3ccc(OC)nc3)nc2)c2c3c(C)n[nH]c3nn2c1. The van der Waals surface area contributed by atoms with Gasteiger partial charge in [-0.2, -0.15) is 5.10 Å². The van der Waals surface area contributed by atoms with E-state index in [1.165, 1.54) is 12.0 Å². The maximum atomic E-state index is 5.85. The van der Waals surface area contributed by atoms with E-state index in [1.54, 1.807) is 7.11 Å². The van der Waals surface area contributed by atoms with Crippen molar-refractivity contribution in [3.05, 3.63) is 60.2 Å². The first-order valence-corrected chi connectivity index (χ1v) is 13.1. The normalized spacial score (nSPS) is 19.2. The lowest BCUT2D eigenvalue weighted by molar-refractivity contribution is -0.00876. The number of nitrogens with zero attached hydrogens (tertiary/aromatic N) is 7. The van der Waals surface area contributed by atoms with Crippen LogP contribution in [-0.4, -0.2) is 73.6 Å². The van der Waals surface area contributed by atoms with Crippen LogP contribution in [0.1, 0.15) is 24.6 Å². The van der Waals surface area contributed by atoms with Crippen LogP contribution in [0.3, 0.4) is 0 Å². The summed E-state index contributed by atoms with van der Waals surface area (Å²) in [5.74, 6) is 2.45. The molecule has 38 heavy (non-hydrogen) atoms. The van der Waals surface area contributed by atoms with Crippen molar-refractivity contribution in [2.75, 3.05) is 31.7 Å². The van der Waals surface area contributed by atoms with Gasteiger partial charge in [0.2, 0.25) is 5.88 Å². The fourth-order valence-electron chi connectivity index (χ4n) is 5.93. The van der Waals surface area contributed by atoms with Crippen molar-refractivity contribution in [2.24, 2.45) is 0 Å². The van der Waals surface area contributed by atoms with E-state index in [1.807, 2.05) is 43.0 Å². The molecule has 0 aliphatic carbocycles. The molecule has 5 aromatic rings. The fourth-order valence-corrected chi connectivity index (χ4v) is 5.93. The van der Waals surface area contributed by atoms with Gasteiger partial charge in [-0.25, -0.2) is 14.5 Å². The number of pyridine rings is 3. The zero-order chi connectivity index (χ0) is 25.8. The maximum absolute atomic E-state index is 5.85. The molecule has 10 nitrogen and oxygen atoms in total. The summed E-state index contributed by atoms with van der Waals surface area (Å²) >= 11 is 0. The van der Waals surface area contributed by atoms with E-state index in [9.17, 15) is 0 Å². The number of rotatable bonds is 7. The highest BCUT2D eigenvalue weighted by atomic mass is 16.5. The molecule has 0 saturated carbocycles. The molecular formula is C28H30N8O2. The maximum Gasteiger partial charge on any atom is 0.212 e. The number of aryl methyl sites for hydroxylation is 1. The lowest BCUT2D eigenvalue weighted by atomic mass is 9.87. The molecule has 8 rings (SSSR count). The van der Waals surface area contributed by atoms with Crippen molar-refractivity contribution in [1.29, 1.82) is 0 Å². The zero-order valence-electron chi connectivity index (χ0n) is 21.8. The number of piperazine rings is 1. The fraction of sp³-hybridized carbons (Fsp3) is 0.357. The standard InChI is InChI=1S/C28H30N8O2/c1-4-38-22-10-23(27-26-17(2)31-32-28(26)33-36(27)16-22)19-6-7-24(29-12-19)34-14-20-9-21(15-34)35(20)13-18-5-8-25(37-3)30-11-18/h5-8,10-12,16,20-21H,4,9,13-15H2,1-3H3,(H,32,33). The second-order valence-corrected chi connectivity index (χ2v) is 10.1. The van der Waals surface area contributed by atoms with Gasteiger partial charge in [0.15, 0.2) is 5.65 Å². The third-order valence-corrected chi connectivity index (χ3v) is 7.80. The van der Waals surface area contributed by atoms with E-state index in [4.69, 9.17) is 19.6 Å². The van der Waals surface area contributed by atoms with Crippen LogP contribution in [-0.2, 0) is 6.54 Å². The molecule has 2 bridgehead atoms. The molecule has 3 aliphatic rings. The van der Waals surface area contributed by atoms with Crippen molar-refractivity contribution in [3.63, 3.8) is 0 Å². The Morgan fingerprint density at radius 1 is 1.08 bits per heavy atom. The minimum absolute atomic E-state index is 0.531. The second kappa shape index (κ2) is 8.98. The monoisotopic (exact) mass is 510 g/mol. The predicted molar refractivity (Wildman–Crippen MR) is 145 cm³/mol. The summed E-state index contributed by atoms with van der Waals surface area (Å²) in [6.07, 6.45) is 7.05. The van der Waals surface area contributed by atoms with Crippen molar-refractivity contribution in [2.45, 2.75) is 38.9 Å². The molecule has 10 heteroatoms. The number of aromatic amines is 1. The van der Waals surface area contributed by atoms with E-state index in [2.05, 4.69) is 49.2 Å². The van der Waals surface area contributed by atoms with E-state index >= 15 is 0 Å². The number of hydrogen-bond acceptors (Lipinski definition) is 8. The Labute approximate surface area is 220 Å². The highest BCUT2D eigenvalue weighted by Crippen LogP contribution is 2.37. The average Bonchev–Trinajstić information content (AvgIpc) is 3.50. The molecule has 3 aliphatic heterocycles. The molecular weight excluding hydrogens is 480 g/mol. The first kappa shape index (κ1) is 23.0. The second-order valence-electron chi connectivity index (χ2n) is 10.1. The summed E-state index contributed by atoms with van der Waals surface area (Å²) in [5, 5.41) is 13.1. The molecule has 0 aromatic carbocycles. The molecule has 194 valence electrons. The third kappa shape index (κ3) is 3.75. The minimum atomic E-state index is 0.531. The largest absolute Gasteiger partial charge is 0.492 e. The van der Waals surface area contributed by atoms with Crippen LogP contribution < -0.4 is 14.4 Å². The molecule has 8 heterocycles. The quantitative estimate of drug-likeness (QED) is 0.353. The smallest absolute Gasteiger partial charge is 0.212 e. The first-order chi connectivity index (χ1) is 18.6. The van der Waals surface area contributed by atoms with Gasteiger partial charge in [-0.15, -0.1) is 5.10 Å². The van der Waals surface area contributed by atoms with Gasteiger partial charge in [-0.3, -0.25) is 10.00 Å². The Balaban J connectivity index is 1.13. The minimum Gasteiger partial charge on any atom is -0.492 e. The van der Waals surface area contributed by atoms with Gasteiger partial charge in [-0.05, 0) is 44.0 Å². The van der Waals surface area contributed by atoms with E-state index in [-0.39, 0.29) is 0 Å². The van der Waals surface area contributed by atoms with E-state index < -0.39 is 0 Å². The van der Waals surface area contributed by atoms with Crippen LogP contribution in [0.4, 0.5) is 5.82 Å². The Bertz CT molecular complexity index is 1600. The Morgan fingerprint density at radius 3 is 2.66 bits per heavy atom. The van der Waals surface area contributed by atoms with Crippen LogP contribution in [0.2, 0.25) is 0 Å². The molecule has 5 aromatic heterocycles. The Morgan fingerprint density at radius 2 is 1.95 bits per heavy atom. The van der Waals surface area contributed by atoms with Gasteiger partial charge in [0.1, 0.15) is 11.6 Å². The molecule has 0 radical (unpaired) electrons. The van der Waals surface area contributed by atoms with Crippen LogP contribution in [0.25, 0.3) is 27.7 Å². The van der Waals surface area contributed by atoms with Crippen molar-refractivity contribution < 1.29 is 9.47 Å². The van der Waals surface area contributed by atoms with Crippen LogP contribution in [0.5, 0.6) is 11.6 Å². The Kier molecular flexibility index (Phi) is 5.43. The van der Waals surface area contributed by atoms with Gasteiger partial charge in [0.05, 0.1) is 36.5 Å². The summed E-state index contributed by atoms with van der Waals surface area (Å²) in [6, 6.07) is 11.5. The van der Waals surface area contributed by atoms with Gasteiger partial charge < -0.3 is 14.4 Å². The summed E-state index contributed by atoms with van der Waals surface area (Å²) in [4.78, 5) is 14.3. The molecule has 3 fully saturated rings. The number of hydrogen-bond donors (Lipinski definition) is 1. The van der Waals surface area contributed by atoms with E-state index in [0.717, 1.165) is 64.6 Å². The van der Waals surface area contributed by atoms with Crippen molar-refractivity contribution in [1.82, 2.24) is 34.7 Å². The summed E-state index contributed by atoms with van der Waals surface area (Å²) in [7, 11) is 1.65. The molecule has 2 atom stereocenters. The van der Waals surface area contributed by atoms with Gasteiger partial charge in [0, 0.05) is 61.3 Å². The predicted octanol–water partition coefficient (Wildman–Crippen LogP) is 3.85. The lowest BCUT2D eigenvalue weighted by Crippen LogP contribution is -2.68. The number of H-pyrrole nitrogens is 1. The third-order valence-electron chi connectivity index (χ3n) is 7.80. The van der Waals surface area contributed by atoms with Crippen LogP contribution in [0, 0.1) is 6.92 Å². The lowest BCUT2D eigenvalue weighted by Gasteiger charge is -2.56. The molecule has 1 N–H and O–H groups in total. The Hall–Kier alpha value is -4.18. The summed E-state index contributed by atoms with van der Waals surface area (Å²) < 4.78 is 12.9.